The van der Waals surface area contributed by atoms with Crippen LogP contribution in [-0.4, -0.2) is 43.7 Å². The van der Waals surface area contributed by atoms with Crippen LogP contribution in [0.5, 0.6) is 0 Å². The van der Waals surface area contributed by atoms with E-state index in [2.05, 4.69) is 6.58 Å². The van der Waals surface area contributed by atoms with Crippen molar-refractivity contribution >= 4 is 18.3 Å². The van der Waals surface area contributed by atoms with Crippen LogP contribution in [0, 0.1) is 5.92 Å². The first-order valence-corrected chi connectivity index (χ1v) is 6.36. The van der Waals surface area contributed by atoms with Crippen molar-refractivity contribution in [3.63, 3.8) is 0 Å². The smallest absolute Gasteiger partial charge is 0.239 e. The molecule has 106 valence electrons. The van der Waals surface area contributed by atoms with Crippen LogP contribution in [0.15, 0.2) is 12.7 Å². The fourth-order valence-corrected chi connectivity index (χ4v) is 2.11. The average molecular weight is 277 g/mol. The van der Waals surface area contributed by atoms with Gasteiger partial charge in [-0.15, -0.1) is 19.0 Å². The summed E-state index contributed by atoms with van der Waals surface area (Å²) in [4.78, 5) is 13.8. The second-order valence-corrected chi connectivity index (χ2v) is 4.67. The van der Waals surface area contributed by atoms with E-state index >= 15 is 0 Å². The Morgan fingerprint density at radius 3 is 2.72 bits per heavy atom. The Morgan fingerprint density at radius 1 is 1.56 bits per heavy atom. The number of amides is 1. The molecule has 1 rings (SSSR count). The van der Waals surface area contributed by atoms with Gasteiger partial charge in [-0.25, -0.2) is 0 Å². The Labute approximate surface area is 116 Å². The van der Waals surface area contributed by atoms with E-state index in [-0.39, 0.29) is 30.3 Å². The SMILES string of the molecule is C=CCCCN(C)C(=O)C(N)C1CCOCC1.Cl. The van der Waals surface area contributed by atoms with Crippen molar-refractivity contribution in [2.24, 2.45) is 11.7 Å². The molecule has 1 aliphatic rings. The number of nitrogens with zero attached hydrogens (tertiary/aromatic N) is 1. The minimum atomic E-state index is -0.368. The number of hydrogen-bond donors (Lipinski definition) is 1. The quantitative estimate of drug-likeness (QED) is 0.592. The number of hydrogen-bond acceptors (Lipinski definition) is 3. The number of ether oxygens (including phenoxy) is 1. The molecule has 0 saturated carbocycles. The molecule has 1 atom stereocenters. The molecule has 1 aliphatic heterocycles. The molecule has 5 heteroatoms. The number of unbranched alkanes of at least 4 members (excludes halogenated alkanes) is 1. The normalized spacial score (nSPS) is 17.7. The van der Waals surface area contributed by atoms with Crippen LogP contribution in [0.25, 0.3) is 0 Å². The van der Waals surface area contributed by atoms with Gasteiger partial charge in [-0.3, -0.25) is 4.79 Å². The molecule has 0 aromatic rings. The van der Waals surface area contributed by atoms with Gasteiger partial charge in [0.1, 0.15) is 0 Å². The summed E-state index contributed by atoms with van der Waals surface area (Å²) in [6.07, 6.45) is 5.55. The summed E-state index contributed by atoms with van der Waals surface area (Å²) in [5.74, 6) is 0.332. The van der Waals surface area contributed by atoms with Crippen molar-refractivity contribution in [2.75, 3.05) is 26.8 Å². The summed E-state index contributed by atoms with van der Waals surface area (Å²) in [5, 5.41) is 0. The number of likely N-dealkylation sites (N-methyl/N-ethyl adjacent to an activating group) is 1. The lowest BCUT2D eigenvalue weighted by Gasteiger charge is -2.29. The van der Waals surface area contributed by atoms with Gasteiger partial charge in [0.25, 0.3) is 0 Å². The molecule has 0 bridgehead atoms. The molecule has 0 aromatic carbocycles. The largest absolute Gasteiger partial charge is 0.381 e. The van der Waals surface area contributed by atoms with Gasteiger partial charge in [-0.2, -0.15) is 0 Å². The Kier molecular flexibility index (Phi) is 9.06. The van der Waals surface area contributed by atoms with Gasteiger partial charge in [-0.1, -0.05) is 6.08 Å². The number of halogens is 1. The van der Waals surface area contributed by atoms with Crippen LogP contribution in [0.4, 0.5) is 0 Å². The van der Waals surface area contributed by atoms with Crippen LogP contribution in [0.3, 0.4) is 0 Å². The molecule has 0 aromatic heterocycles. The molecule has 0 radical (unpaired) electrons. The third-order valence-corrected chi connectivity index (χ3v) is 3.34. The lowest BCUT2D eigenvalue weighted by atomic mass is 9.91. The fourth-order valence-electron chi connectivity index (χ4n) is 2.11. The average Bonchev–Trinajstić information content (AvgIpc) is 2.38. The van der Waals surface area contributed by atoms with Crippen molar-refractivity contribution in [1.29, 1.82) is 0 Å². The van der Waals surface area contributed by atoms with Gasteiger partial charge in [0.2, 0.25) is 5.91 Å². The zero-order chi connectivity index (χ0) is 12.7. The third-order valence-electron chi connectivity index (χ3n) is 3.34. The maximum Gasteiger partial charge on any atom is 0.239 e. The number of carbonyl (C=O) groups excluding carboxylic acids is 1. The zero-order valence-electron chi connectivity index (χ0n) is 11.1. The van der Waals surface area contributed by atoms with Crippen molar-refractivity contribution in [3.8, 4) is 0 Å². The van der Waals surface area contributed by atoms with Gasteiger partial charge in [0.15, 0.2) is 0 Å². The van der Waals surface area contributed by atoms with Crippen LogP contribution in [-0.2, 0) is 9.53 Å². The second kappa shape index (κ2) is 9.36. The maximum absolute atomic E-state index is 12.1. The minimum absolute atomic E-state index is 0. The molecule has 1 saturated heterocycles. The summed E-state index contributed by atoms with van der Waals surface area (Å²) in [6.45, 7) is 5.88. The molecular weight excluding hydrogens is 252 g/mol. The summed E-state index contributed by atoms with van der Waals surface area (Å²) in [6, 6.07) is -0.368. The van der Waals surface area contributed by atoms with Crippen LogP contribution in [0.2, 0.25) is 0 Å². The fraction of sp³-hybridized carbons (Fsp3) is 0.769. The lowest BCUT2D eigenvalue weighted by molar-refractivity contribution is -0.133. The van der Waals surface area contributed by atoms with E-state index < -0.39 is 0 Å². The molecule has 4 nitrogen and oxygen atoms in total. The third kappa shape index (κ3) is 5.38. The molecule has 0 spiro atoms. The van der Waals surface area contributed by atoms with E-state index in [9.17, 15) is 4.79 Å². The van der Waals surface area contributed by atoms with Crippen LogP contribution in [0.1, 0.15) is 25.7 Å². The summed E-state index contributed by atoms with van der Waals surface area (Å²) in [7, 11) is 1.82. The van der Waals surface area contributed by atoms with Gasteiger partial charge < -0.3 is 15.4 Å². The Bertz CT molecular complexity index is 255. The van der Waals surface area contributed by atoms with E-state index in [1.54, 1.807) is 4.90 Å². The second-order valence-electron chi connectivity index (χ2n) is 4.67. The van der Waals surface area contributed by atoms with E-state index in [0.29, 0.717) is 0 Å². The van der Waals surface area contributed by atoms with E-state index in [1.165, 1.54) is 0 Å². The maximum atomic E-state index is 12.1. The molecule has 1 amide bonds. The first-order valence-electron chi connectivity index (χ1n) is 6.36. The first-order chi connectivity index (χ1) is 8.16. The highest BCUT2D eigenvalue weighted by Gasteiger charge is 2.28. The molecule has 1 unspecified atom stereocenters. The topological polar surface area (TPSA) is 55.6 Å². The van der Waals surface area contributed by atoms with Crippen LogP contribution >= 0.6 is 12.4 Å². The highest BCUT2D eigenvalue weighted by Crippen LogP contribution is 2.18. The van der Waals surface area contributed by atoms with Gasteiger partial charge >= 0.3 is 0 Å². The van der Waals surface area contributed by atoms with Crippen molar-refractivity contribution in [1.82, 2.24) is 4.90 Å². The standard InChI is InChI=1S/C13H24N2O2.ClH/c1-3-4-5-8-15(2)13(16)12(14)11-6-9-17-10-7-11;/h3,11-12H,1,4-10,14H2,2H3;1H. The number of rotatable bonds is 6. The predicted octanol–water partition coefficient (Wildman–Crippen LogP) is 1.59. The van der Waals surface area contributed by atoms with E-state index in [1.807, 2.05) is 13.1 Å². The predicted molar refractivity (Wildman–Crippen MR) is 75.8 cm³/mol. The molecule has 1 heterocycles. The van der Waals surface area contributed by atoms with Crippen molar-refractivity contribution < 1.29 is 9.53 Å². The molecule has 2 N–H and O–H groups in total. The van der Waals surface area contributed by atoms with Gasteiger partial charge in [0.05, 0.1) is 6.04 Å². The lowest BCUT2D eigenvalue weighted by Crippen LogP contribution is -2.47. The minimum Gasteiger partial charge on any atom is -0.381 e. The van der Waals surface area contributed by atoms with Crippen LogP contribution < -0.4 is 5.73 Å². The molecule has 0 aliphatic carbocycles. The van der Waals surface area contributed by atoms with E-state index in [4.69, 9.17) is 10.5 Å². The number of allylic oxidation sites excluding steroid dienone is 1. The number of carbonyl (C=O) groups is 1. The molecule has 1 fully saturated rings. The van der Waals surface area contributed by atoms with E-state index in [0.717, 1.165) is 45.4 Å². The van der Waals surface area contributed by atoms with Gasteiger partial charge in [-0.05, 0) is 31.6 Å². The zero-order valence-corrected chi connectivity index (χ0v) is 12.0. The first kappa shape index (κ1) is 17.4. The van der Waals surface area contributed by atoms with Gasteiger partial charge in [0, 0.05) is 26.8 Å². The Balaban J connectivity index is 0.00000289. The highest BCUT2D eigenvalue weighted by atomic mass is 35.5. The molecular formula is C13H25ClN2O2. The molecule has 18 heavy (non-hydrogen) atoms. The summed E-state index contributed by atoms with van der Waals surface area (Å²) >= 11 is 0. The monoisotopic (exact) mass is 276 g/mol. The van der Waals surface area contributed by atoms with Crippen molar-refractivity contribution in [2.45, 2.75) is 31.7 Å². The Hall–Kier alpha value is -0.580. The Morgan fingerprint density at radius 2 is 2.17 bits per heavy atom. The van der Waals surface area contributed by atoms with Crippen molar-refractivity contribution in [3.05, 3.63) is 12.7 Å². The summed E-state index contributed by atoms with van der Waals surface area (Å²) in [5.41, 5.74) is 6.03. The highest BCUT2D eigenvalue weighted by molar-refractivity contribution is 5.85. The number of nitrogens with two attached hydrogens (primary N) is 1. The summed E-state index contributed by atoms with van der Waals surface area (Å²) < 4.78 is 5.28.